The lowest BCUT2D eigenvalue weighted by molar-refractivity contribution is -0.653. The first-order valence-corrected chi connectivity index (χ1v) is 10.9. The van der Waals surface area contributed by atoms with Crippen molar-refractivity contribution in [2.24, 2.45) is 0 Å². The number of hydrogen-bond donors (Lipinski definition) is 2. The highest BCUT2D eigenvalue weighted by Crippen LogP contribution is 2.40. The van der Waals surface area contributed by atoms with E-state index in [2.05, 4.69) is 35.9 Å². The number of phenols is 1. The molecule has 1 aromatic heterocycles. The van der Waals surface area contributed by atoms with Crippen molar-refractivity contribution in [2.75, 3.05) is 5.32 Å². The number of hydrogen-bond acceptors (Lipinski definition) is 3. The highest BCUT2D eigenvalue weighted by atomic mass is 32.1. The third kappa shape index (κ3) is 3.05. The standard InChI is InChI=1S/C22H28N2OS/c1-3-4-14-24-19-17-12-8-9-13-18(17)20(25)15(2)21(19)26-22(24)23-16-10-6-5-7-11-16/h8-9,12-13,16,25H,3-7,10-11,14H2,1-2H3/p+1. The van der Waals surface area contributed by atoms with Gasteiger partial charge in [0.1, 0.15) is 5.75 Å². The van der Waals surface area contributed by atoms with Gasteiger partial charge in [-0.2, -0.15) is 0 Å². The van der Waals surface area contributed by atoms with Crippen molar-refractivity contribution >= 4 is 37.5 Å². The van der Waals surface area contributed by atoms with Gasteiger partial charge in [-0.25, -0.2) is 4.57 Å². The second-order valence-electron chi connectivity index (χ2n) is 7.59. The molecule has 0 atom stereocenters. The summed E-state index contributed by atoms with van der Waals surface area (Å²) < 4.78 is 3.70. The zero-order valence-electron chi connectivity index (χ0n) is 15.8. The molecule has 0 bridgehead atoms. The van der Waals surface area contributed by atoms with Crippen LogP contribution in [-0.2, 0) is 6.54 Å². The normalized spacial score (nSPS) is 15.8. The molecule has 2 aromatic carbocycles. The van der Waals surface area contributed by atoms with E-state index in [9.17, 15) is 5.11 Å². The molecule has 1 fully saturated rings. The van der Waals surface area contributed by atoms with Crippen molar-refractivity contribution < 1.29 is 9.67 Å². The Morgan fingerprint density at radius 1 is 1.15 bits per heavy atom. The predicted molar refractivity (Wildman–Crippen MR) is 111 cm³/mol. The number of aromatic nitrogens is 1. The lowest BCUT2D eigenvalue weighted by Crippen LogP contribution is -2.38. The average molecular weight is 370 g/mol. The van der Waals surface area contributed by atoms with Crippen molar-refractivity contribution in [3.63, 3.8) is 0 Å². The van der Waals surface area contributed by atoms with Gasteiger partial charge in [-0.05, 0) is 56.4 Å². The Balaban J connectivity index is 1.90. The summed E-state index contributed by atoms with van der Waals surface area (Å²) in [5.74, 6) is 0.432. The van der Waals surface area contributed by atoms with Gasteiger partial charge in [-0.15, -0.1) is 0 Å². The lowest BCUT2D eigenvalue weighted by Gasteiger charge is -2.18. The number of aromatic hydroxyl groups is 1. The van der Waals surface area contributed by atoms with Gasteiger partial charge >= 0.3 is 5.13 Å². The van der Waals surface area contributed by atoms with Crippen molar-refractivity contribution in [3.8, 4) is 5.75 Å². The van der Waals surface area contributed by atoms with Crippen molar-refractivity contribution in [1.29, 1.82) is 0 Å². The first-order valence-electron chi connectivity index (χ1n) is 10.0. The second-order valence-corrected chi connectivity index (χ2v) is 8.59. The molecule has 0 radical (unpaired) electrons. The molecule has 0 spiro atoms. The maximum atomic E-state index is 10.7. The molecule has 0 saturated heterocycles. The van der Waals surface area contributed by atoms with Crippen LogP contribution < -0.4 is 9.88 Å². The fraction of sp³-hybridized carbons (Fsp3) is 0.500. The van der Waals surface area contributed by atoms with E-state index in [0.717, 1.165) is 22.9 Å². The molecule has 4 rings (SSSR count). The second kappa shape index (κ2) is 7.43. The first-order chi connectivity index (χ1) is 12.7. The van der Waals surface area contributed by atoms with Crippen LogP contribution >= 0.6 is 11.3 Å². The van der Waals surface area contributed by atoms with Crippen LogP contribution in [0.1, 0.15) is 57.4 Å². The molecular formula is C22H29N2OS+. The number of nitrogens with zero attached hydrogens (tertiary/aromatic N) is 1. The Morgan fingerprint density at radius 2 is 1.88 bits per heavy atom. The number of thiazole rings is 1. The van der Waals surface area contributed by atoms with E-state index in [0.29, 0.717) is 11.8 Å². The summed E-state index contributed by atoms with van der Waals surface area (Å²) >= 11 is 1.82. The quantitative estimate of drug-likeness (QED) is 0.549. The van der Waals surface area contributed by atoms with Crippen molar-refractivity contribution in [1.82, 2.24) is 0 Å². The minimum absolute atomic E-state index is 0.432. The maximum Gasteiger partial charge on any atom is 0.335 e. The number of nitrogens with one attached hydrogen (secondary N) is 1. The minimum Gasteiger partial charge on any atom is -0.507 e. The number of rotatable bonds is 5. The summed E-state index contributed by atoms with van der Waals surface area (Å²) in [5.41, 5.74) is 2.29. The summed E-state index contributed by atoms with van der Waals surface area (Å²) in [4.78, 5) is 0. The van der Waals surface area contributed by atoms with Crippen LogP contribution in [0.3, 0.4) is 0 Å². The van der Waals surface area contributed by atoms with E-state index in [1.165, 1.54) is 60.3 Å². The molecule has 0 aliphatic heterocycles. The van der Waals surface area contributed by atoms with Crippen LogP contribution in [0.4, 0.5) is 5.13 Å². The number of unbranched alkanes of at least 4 members (excludes halogenated alkanes) is 1. The van der Waals surface area contributed by atoms with Gasteiger partial charge < -0.3 is 5.11 Å². The number of aryl methyl sites for hydroxylation is 2. The molecule has 0 amide bonds. The smallest absolute Gasteiger partial charge is 0.335 e. The van der Waals surface area contributed by atoms with E-state index in [4.69, 9.17) is 0 Å². The molecule has 4 heteroatoms. The maximum absolute atomic E-state index is 10.7. The Morgan fingerprint density at radius 3 is 2.62 bits per heavy atom. The molecular weight excluding hydrogens is 340 g/mol. The summed E-state index contributed by atoms with van der Waals surface area (Å²) in [5, 5.41) is 18.0. The van der Waals surface area contributed by atoms with Gasteiger partial charge in [0.25, 0.3) is 0 Å². The van der Waals surface area contributed by atoms with Gasteiger partial charge in [-0.1, -0.05) is 38.0 Å². The van der Waals surface area contributed by atoms with Crippen LogP contribution in [0.5, 0.6) is 5.75 Å². The highest BCUT2D eigenvalue weighted by molar-refractivity contribution is 7.22. The van der Waals surface area contributed by atoms with Gasteiger partial charge in [0.05, 0.1) is 17.3 Å². The van der Waals surface area contributed by atoms with Crippen LogP contribution in [0.25, 0.3) is 21.0 Å². The minimum atomic E-state index is 0.432. The fourth-order valence-corrected chi connectivity index (χ4v) is 5.49. The third-order valence-electron chi connectivity index (χ3n) is 5.73. The average Bonchev–Trinajstić information content (AvgIpc) is 3.03. The summed E-state index contributed by atoms with van der Waals surface area (Å²) in [6.07, 6.45) is 8.94. The summed E-state index contributed by atoms with van der Waals surface area (Å²) in [6.45, 7) is 5.33. The van der Waals surface area contributed by atoms with E-state index >= 15 is 0 Å². The molecule has 1 heterocycles. The molecule has 0 unspecified atom stereocenters. The van der Waals surface area contributed by atoms with Gasteiger partial charge in [0, 0.05) is 16.3 Å². The third-order valence-corrected chi connectivity index (χ3v) is 6.97. The van der Waals surface area contributed by atoms with Gasteiger partial charge in [0.15, 0.2) is 5.52 Å². The lowest BCUT2D eigenvalue weighted by atomic mass is 9.96. The summed E-state index contributed by atoms with van der Waals surface area (Å²) in [7, 11) is 0. The number of anilines is 1. The topological polar surface area (TPSA) is 36.1 Å². The van der Waals surface area contributed by atoms with E-state index in [-0.39, 0.29) is 0 Å². The molecule has 3 nitrogen and oxygen atoms in total. The first kappa shape index (κ1) is 17.6. The Labute approximate surface area is 159 Å². The number of phenolic OH excluding ortho intramolecular Hbond substituents is 1. The Bertz CT molecular complexity index is 925. The SMILES string of the molecule is CCCC[n+]1c(NC2CCCCC2)sc2c(C)c(O)c3ccccc3c21. The zero-order chi connectivity index (χ0) is 18.1. The monoisotopic (exact) mass is 369 g/mol. The van der Waals surface area contributed by atoms with Crippen molar-refractivity contribution in [2.45, 2.75) is 71.4 Å². The van der Waals surface area contributed by atoms with E-state index in [1.807, 2.05) is 23.5 Å². The predicted octanol–water partition coefficient (Wildman–Crippen LogP) is 5.90. The van der Waals surface area contributed by atoms with E-state index < -0.39 is 0 Å². The molecule has 1 saturated carbocycles. The van der Waals surface area contributed by atoms with Crippen LogP contribution in [0, 0.1) is 6.92 Å². The van der Waals surface area contributed by atoms with E-state index in [1.54, 1.807) is 0 Å². The molecule has 1 aliphatic rings. The van der Waals surface area contributed by atoms with Gasteiger partial charge in [0.2, 0.25) is 0 Å². The zero-order valence-corrected chi connectivity index (χ0v) is 16.7. The van der Waals surface area contributed by atoms with Crippen LogP contribution in [0.15, 0.2) is 24.3 Å². The van der Waals surface area contributed by atoms with Crippen LogP contribution in [-0.4, -0.2) is 11.1 Å². The Hall–Kier alpha value is -1.81. The summed E-state index contributed by atoms with van der Waals surface area (Å²) in [6, 6.07) is 8.86. The highest BCUT2D eigenvalue weighted by Gasteiger charge is 2.27. The molecule has 1 aliphatic carbocycles. The number of benzene rings is 2. The largest absolute Gasteiger partial charge is 0.507 e. The Kier molecular flexibility index (Phi) is 5.03. The van der Waals surface area contributed by atoms with Gasteiger partial charge in [-0.3, -0.25) is 5.32 Å². The molecule has 3 aromatic rings. The van der Waals surface area contributed by atoms with Crippen LogP contribution in [0.2, 0.25) is 0 Å². The molecule has 2 N–H and O–H groups in total. The fourth-order valence-electron chi connectivity index (χ4n) is 4.21. The number of fused-ring (bicyclic) bond motifs is 3. The van der Waals surface area contributed by atoms with Crippen molar-refractivity contribution in [3.05, 3.63) is 29.8 Å². The molecule has 26 heavy (non-hydrogen) atoms. The molecule has 138 valence electrons.